The molecule has 0 saturated heterocycles. The van der Waals surface area contributed by atoms with Gasteiger partial charge in [-0.25, -0.2) is 0 Å². The molecule has 0 aliphatic rings. The zero-order chi connectivity index (χ0) is 27.8. The molecule has 0 aliphatic carbocycles. The quantitative estimate of drug-likeness (QED) is 0.241. The predicted molar refractivity (Wildman–Crippen MR) is 151 cm³/mol. The van der Waals surface area contributed by atoms with Gasteiger partial charge >= 0.3 is 0 Å². The van der Waals surface area contributed by atoms with E-state index in [9.17, 15) is 14.9 Å². The number of carbonyl (C=O) groups is 2. The summed E-state index contributed by atoms with van der Waals surface area (Å²) in [6.07, 6.45) is 1.42. The number of rotatable bonds is 9. The molecule has 0 atom stereocenters. The molecule has 0 spiro atoms. The van der Waals surface area contributed by atoms with E-state index in [4.69, 9.17) is 21.1 Å². The van der Waals surface area contributed by atoms with Gasteiger partial charge in [0.2, 0.25) is 0 Å². The average Bonchev–Trinajstić information content (AvgIpc) is 2.87. The summed E-state index contributed by atoms with van der Waals surface area (Å²) in [4.78, 5) is 25.4. The first-order valence-electron chi connectivity index (χ1n) is 12.1. The number of hydrogen-bond acceptors (Lipinski definition) is 5. The highest BCUT2D eigenvalue weighted by atomic mass is 35.5. The lowest BCUT2D eigenvalue weighted by Crippen LogP contribution is -2.21. The van der Waals surface area contributed by atoms with Crippen molar-refractivity contribution < 1.29 is 19.1 Å². The van der Waals surface area contributed by atoms with Crippen molar-refractivity contribution in [1.82, 2.24) is 0 Å². The van der Waals surface area contributed by atoms with Crippen LogP contribution in [-0.4, -0.2) is 25.0 Å². The second kappa shape index (κ2) is 12.8. The molecule has 2 amide bonds. The molecule has 8 heteroatoms. The van der Waals surface area contributed by atoms with Crippen LogP contribution in [0.25, 0.3) is 6.08 Å². The molecule has 7 nitrogen and oxygen atoms in total. The highest BCUT2D eigenvalue weighted by Crippen LogP contribution is 2.37. The van der Waals surface area contributed by atoms with Gasteiger partial charge in [-0.05, 0) is 92.8 Å². The lowest BCUT2D eigenvalue weighted by atomic mass is 10.1. The largest absolute Gasteiger partial charge is 0.490 e. The number of nitrogens with zero attached hydrogens (tertiary/aromatic N) is 1. The molecule has 0 fully saturated rings. The number of carbonyl (C=O) groups excluding carboxylic acids is 2. The maximum atomic E-state index is 12.8. The highest BCUT2D eigenvalue weighted by molar-refractivity contribution is 6.32. The third kappa shape index (κ3) is 6.93. The lowest BCUT2D eigenvalue weighted by Gasteiger charge is -2.15. The smallest absolute Gasteiger partial charge is 0.266 e. The third-order valence-electron chi connectivity index (χ3n) is 6.09. The van der Waals surface area contributed by atoms with Gasteiger partial charge in [0.25, 0.3) is 11.8 Å². The number of aryl methyl sites for hydroxylation is 2. The number of anilines is 2. The molecule has 0 radical (unpaired) electrons. The number of ether oxygens (including phenoxy) is 2. The number of halogens is 1. The average molecular weight is 532 g/mol. The number of amides is 2. The molecular formula is C30H30ClN3O4. The van der Waals surface area contributed by atoms with Crippen molar-refractivity contribution in [3.8, 4) is 17.6 Å². The van der Waals surface area contributed by atoms with Crippen LogP contribution in [0.4, 0.5) is 11.4 Å². The van der Waals surface area contributed by atoms with Crippen LogP contribution in [-0.2, 0) is 9.59 Å². The number of nitriles is 1. The minimum Gasteiger partial charge on any atom is -0.490 e. The van der Waals surface area contributed by atoms with E-state index in [1.165, 1.54) is 6.08 Å². The van der Waals surface area contributed by atoms with E-state index in [-0.39, 0.29) is 34.6 Å². The number of hydrogen-bond donors (Lipinski definition) is 2. The molecule has 196 valence electrons. The summed E-state index contributed by atoms with van der Waals surface area (Å²) in [5.41, 5.74) is 5.68. The van der Waals surface area contributed by atoms with Crippen molar-refractivity contribution in [2.45, 2.75) is 34.6 Å². The summed E-state index contributed by atoms with van der Waals surface area (Å²) in [5, 5.41) is 15.4. The summed E-state index contributed by atoms with van der Waals surface area (Å²) in [7, 11) is 0. The zero-order valence-electron chi connectivity index (χ0n) is 22.1. The first-order chi connectivity index (χ1) is 18.1. The topological polar surface area (TPSA) is 100 Å². The summed E-state index contributed by atoms with van der Waals surface area (Å²) in [6.45, 7) is 9.56. The second-order valence-corrected chi connectivity index (χ2v) is 9.13. The highest BCUT2D eigenvalue weighted by Gasteiger charge is 2.17. The molecular weight excluding hydrogens is 502 g/mol. The monoisotopic (exact) mass is 531 g/mol. The van der Waals surface area contributed by atoms with Gasteiger partial charge in [0.05, 0.1) is 11.6 Å². The van der Waals surface area contributed by atoms with E-state index >= 15 is 0 Å². The SMILES string of the molecule is CCOc1cc(/C=C(/C#N)C(=O)Nc2cccc(C)c2C)cc(Cl)c1OCC(=O)Nc1cccc(C)c1C. The van der Waals surface area contributed by atoms with E-state index in [1.54, 1.807) is 25.1 Å². The Morgan fingerprint density at radius 3 is 2.13 bits per heavy atom. The van der Waals surface area contributed by atoms with Gasteiger partial charge < -0.3 is 20.1 Å². The Labute approximate surface area is 228 Å². The van der Waals surface area contributed by atoms with Crippen LogP contribution in [0.2, 0.25) is 5.02 Å². The van der Waals surface area contributed by atoms with Gasteiger partial charge in [0.15, 0.2) is 18.1 Å². The van der Waals surface area contributed by atoms with Crippen molar-refractivity contribution >= 4 is 40.9 Å². The first-order valence-corrected chi connectivity index (χ1v) is 12.5. The van der Waals surface area contributed by atoms with E-state index < -0.39 is 5.91 Å². The van der Waals surface area contributed by atoms with Crippen LogP contribution in [0.1, 0.15) is 34.7 Å². The van der Waals surface area contributed by atoms with Crippen molar-refractivity contribution in [3.63, 3.8) is 0 Å². The van der Waals surface area contributed by atoms with Gasteiger partial charge in [-0.3, -0.25) is 9.59 Å². The fourth-order valence-electron chi connectivity index (χ4n) is 3.68. The van der Waals surface area contributed by atoms with Crippen molar-refractivity contribution in [2.75, 3.05) is 23.8 Å². The molecule has 3 rings (SSSR count). The molecule has 38 heavy (non-hydrogen) atoms. The minimum atomic E-state index is -0.543. The van der Waals surface area contributed by atoms with Gasteiger partial charge in [0.1, 0.15) is 11.6 Å². The fraction of sp³-hybridized carbons (Fsp3) is 0.233. The number of nitrogens with one attached hydrogen (secondary N) is 2. The maximum absolute atomic E-state index is 12.8. The molecule has 2 N–H and O–H groups in total. The Balaban J connectivity index is 1.80. The Bertz CT molecular complexity index is 1440. The van der Waals surface area contributed by atoms with Gasteiger partial charge in [-0.15, -0.1) is 0 Å². The Hall–Kier alpha value is -4.28. The zero-order valence-corrected chi connectivity index (χ0v) is 22.8. The molecule has 0 aromatic heterocycles. The molecule has 0 aliphatic heterocycles. The van der Waals surface area contributed by atoms with E-state index in [1.807, 2.05) is 64.1 Å². The van der Waals surface area contributed by atoms with Crippen LogP contribution >= 0.6 is 11.6 Å². The predicted octanol–water partition coefficient (Wildman–Crippen LogP) is 6.54. The van der Waals surface area contributed by atoms with Gasteiger partial charge in [-0.1, -0.05) is 35.9 Å². The first kappa shape index (κ1) is 28.3. The molecule has 0 unspecified atom stereocenters. The Morgan fingerprint density at radius 2 is 1.55 bits per heavy atom. The maximum Gasteiger partial charge on any atom is 0.266 e. The Kier molecular flexibility index (Phi) is 9.53. The third-order valence-corrected chi connectivity index (χ3v) is 6.37. The van der Waals surface area contributed by atoms with Gasteiger partial charge in [-0.2, -0.15) is 5.26 Å². The minimum absolute atomic E-state index is 0.106. The van der Waals surface area contributed by atoms with Crippen LogP contribution in [0.5, 0.6) is 11.5 Å². The lowest BCUT2D eigenvalue weighted by molar-refractivity contribution is -0.118. The van der Waals surface area contributed by atoms with E-state index in [0.717, 1.165) is 22.3 Å². The van der Waals surface area contributed by atoms with Gasteiger partial charge in [0, 0.05) is 11.4 Å². The summed E-state index contributed by atoms with van der Waals surface area (Å²) < 4.78 is 11.4. The molecule has 0 saturated carbocycles. The van der Waals surface area contributed by atoms with Crippen LogP contribution in [0, 0.1) is 39.0 Å². The molecule has 3 aromatic rings. The van der Waals surface area contributed by atoms with E-state index in [2.05, 4.69) is 10.6 Å². The standard InChI is InChI=1S/C30H30ClN3O4/c1-6-37-27-15-22(13-23(16-32)30(36)34-26-12-8-10-19(3)21(26)5)14-24(31)29(27)38-17-28(35)33-25-11-7-9-18(2)20(25)4/h7-15H,6,17H2,1-5H3,(H,33,35)(H,34,36)/b23-13-. The normalized spacial score (nSPS) is 10.9. The summed E-state index contributed by atoms with van der Waals surface area (Å²) in [6, 6.07) is 16.3. The number of benzene rings is 3. The Morgan fingerprint density at radius 1 is 0.947 bits per heavy atom. The van der Waals surface area contributed by atoms with Crippen molar-refractivity contribution in [2.24, 2.45) is 0 Å². The van der Waals surface area contributed by atoms with Crippen molar-refractivity contribution in [3.05, 3.63) is 86.9 Å². The molecule has 0 bridgehead atoms. The van der Waals surface area contributed by atoms with Crippen LogP contribution in [0.15, 0.2) is 54.1 Å². The van der Waals surface area contributed by atoms with Crippen LogP contribution in [0.3, 0.4) is 0 Å². The molecule has 0 heterocycles. The van der Waals surface area contributed by atoms with E-state index in [0.29, 0.717) is 23.5 Å². The van der Waals surface area contributed by atoms with Crippen molar-refractivity contribution in [1.29, 1.82) is 5.26 Å². The second-order valence-electron chi connectivity index (χ2n) is 8.72. The van der Waals surface area contributed by atoms with Crippen LogP contribution < -0.4 is 20.1 Å². The molecule has 3 aromatic carbocycles. The summed E-state index contributed by atoms with van der Waals surface area (Å²) >= 11 is 6.48. The fourth-order valence-corrected chi connectivity index (χ4v) is 3.95. The summed E-state index contributed by atoms with van der Waals surface area (Å²) in [5.74, 6) is -0.409.